The van der Waals surface area contributed by atoms with E-state index in [1.807, 2.05) is 0 Å². The van der Waals surface area contributed by atoms with Crippen LogP contribution in [0, 0.1) is 5.82 Å². The van der Waals surface area contributed by atoms with Crippen molar-refractivity contribution < 1.29 is 32.2 Å². The molecule has 0 aliphatic heterocycles. The van der Waals surface area contributed by atoms with Crippen molar-refractivity contribution in [1.29, 1.82) is 0 Å². The Hall–Kier alpha value is -4.46. The van der Waals surface area contributed by atoms with Gasteiger partial charge in [-0.3, -0.25) is 4.79 Å². The largest absolute Gasteiger partial charge is 0.505 e. The third-order valence-corrected chi connectivity index (χ3v) is 4.77. The lowest BCUT2D eigenvalue weighted by molar-refractivity contribution is -0.143. The molecule has 0 spiro atoms. The van der Waals surface area contributed by atoms with Crippen LogP contribution in [-0.4, -0.2) is 35.7 Å². The lowest BCUT2D eigenvalue weighted by Gasteiger charge is -2.13. The van der Waals surface area contributed by atoms with Gasteiger partial charge in [0.05, 0.1) is 24.2 Å². The van der Waals surface area contributed by atoms with Crippen LogP contribution >= 0.6 is 11.6 Å². The number of anilines is 2. The van der Waals surface area contributed by atoms with Gasteiger partial charge in [-0.15, -0.1) is 0 Å². The van der Waals surface area contributed by atoms with Crippen molar-refractivity contribution in [3.8, 4) is 23.2 Å². The van der Waals surface area contributed by atoms with Gasteiger partial charge in [-0.25, -0.2) is 19.3 Å². The molecule has 0 aliphatic rings. The highest BCUT2D eigenvalue weighted by molar-refractivity contribution is 6.34. The van der Waals surface area contributed by atoms with E-state index in [1.54, 1.807) is 0 Å². The van der Waals surface area contributed by atoms with Crippen LogP contribution in [0.15, 0.2) is 49.1 Å². The molecule has 4 aromatic rings. The molecule has 4 rings (SSSR count). The van der Waals surface area contributed by atoms with Crippen LogP contribution in [0.4, 0.5) is 29.1 Å². The van der Waals surface area contributed by atoms with Gasteiger partial charge >= 0.3 is 6.18 Å². The summed E-state index contributed by atoms with van der Waals surface area (Å²) in [7, 11) is 0. The number of alkyl halides is 3. The molecule has 0 saturated carbocycles. The molecule has 35 heavy (non-hydrogen) atoms. The predicted octanol–water partition coefficient (Wildman–Crippen LogP) is 4.20. The number of hydrogen-bond donors (Lipinski definition) is 3. The summed E-state index contributed by atoms with van der Waals surface area (Å²) in [5, 5.41) is 14.9. The Balaban J connectivity index is 1.60. The van der Waals surface area contributed by atoms with Crippen LogP contribution in [0.25, 0.3) is 5.95 Å². The minimum absolute atomic E-state index is 0.0218. The van der Waals surface area contributed by atoms with Crippen molar-refractivity contribution in [2.75, 3.05) is 11.1 Å². The van der Waals surface area contributed by atoms with E-state index in [0.717, 1.165) is 24.5 Å². The molecular formula is C20H12ClF4N7O3. The van der Waals surface area contributed by atoms with Crippen LogP contribution in [-0.2, 0) is 6.18 Å². The number of hydrogen-bond acceptors (Lipinski definition) is 8. The van der Waals surface area contributed by atoms with Gasteiger partial charge in [0.2, 0.25) is 0 Å². The number of rotatable bonds is 5. The molecule has 1 amide bonds. The van der Waals surface area contributed by atoms with Crippen molar-refractivity contribution in [1.82, 2.24) is 24.7 Å². The average molecular weight is 510 g/mol. The number of amides is 1. The third-order valence-electron chi connectivity index (χ3n) is 4.39. The molecule has 180 valence electrons. The van der Waals surface area contributed by atoms with E-state index < -0.39 is 35.1 Å². The lowest BCUT2D eigenvalue weighted by atomic mass is 10.2. The average Bonchev–Trinajstić information content (AvgIpc) is 3.25. The van der Waals surface area contributed by atoms with Crippen LogP contribution in [0.1, 0.15) is 16.1 Å². The van der Waals surface area contributed by atoms with Crippen molar-refractivity contribution in [3.63, 3.8) is 0 Å². The molecule has 0 radical (unpaired) electrons. The molecule has 0 fully saturated rings. The van der Waals surface area contributed by atoms with E-state index in [0.29, 0.717) is 10.9 Å². The molecule has 3 aromatic heterocycles. The molecule has 3 heterocycles. The quantitative estimate of drug-likeness (QED) is 0.340. The number of benzene rings is 1. The summed E-state index contributed by atoms with van der Waals surface area (Å²) in [6.45, 7) is 0. The van der Waals surface area contributed by atoms with Crippen LogP contribution < -0.4 is 15.8 Å². The van der Waals surface area contributed by atoms with Crippen molar-refractivity contribution in [2.24, 2.45) is 0 Å². The SMILES string of the molecule is Nc1nccc(Oc2ccc(NC(=O)c3cnn(-c4ncc(O)cn4)c3C(F)(F)F)cc2F)c1Cl. The Morgan fingerprint density at radius 1 is 1.11 bits per heavy atom. The molecule has 0 aliphatic carbocycles. The van der Waals surface area contributed by atoms with Gasteiger partial charge in [0.1, 0.15) is 10.8 Å². The molecule has 15 heteroatoms. The second-order valence-corrected chi connectivity index (χ2v) is 7.15. The van der Waals surface area contributed by atoms with Crippen molar-refractivity contribution >= 4 is 29.0 Å². The molecule has 0 atom stereocenters. The number of nitrogens with zero attached hydrogens (tertiary/aromatic N) is 5. The number of halogens is 5. The standard InChI is InChI=1S/C20H12ClF4N7O3/c21-15-14(3-4-27-17(15)26)35-13-2-1-9(5-12(13)22)31-18(34)11-8-30-32(16(11)20(23,24)25)19-28-6-10(33)7-29-19/h1-8,33H,(H2,26,27)(H,31,34). The van der Waals surface area contributed by atoms with Crippen LogP contribution in [0.3, 0.4) is 0 Å². The maximum atomic E-state index is 14.5. The van der Waals surface area contributed by atoms with Gasteiger partial charge in [0.25, 0.3) is 11.9 Å². The van der Waals surface area contributed by atoms with Gasteiger partial charge in [-0.05, 0) is 12.1 Å². The normalized spacial score (nSPS) is 11.3. The Morgan fingerprint density at radius 2 is 1.83 bits per heavy atom. The predicted molar refractivity (Wildman–Crippen MR) is 114 cm³/mol. The highest BCUT2D eigenvalue weighted by atomic mass is 35.5. The number of nitrogens with two attached hydrogens (primary N) is 1. The summed E-state index contributed by atoms with van der Waals surface area (Å²) in [6, 6.07) is 4.53. The highest BCUT2D eigenvalue weighted by Crippen LogP contribution is 2.35. The van der Waals surface area contributed by atoms with Crippen LogP contribution in [0.2, 0.25) is 5.02 Å². The molecule has 0 bridgehead atoms. The Bertz CT molecular complexity index is 1410. The van der Waals surface area contributed by atoms with E-state index in [4.69, 9.17) is 22.1 Å². The summed E-state index contributed by atoms with van der Waals surface area (Å²) in [5.41, 5.74) is 3.07. The first-order valence-corrected chi connectivity index (χ1v) is 9.77. The number of aromatic nitrogens is 5. The maximum Gasteiger partial charge on any atom is 0.434 e. The topological polar surface area (TPSA) is 141 Å². The minimum Gasteiger partial charge on any atom is -0.505 e. The zero-order chi connectivity index (χ0) is 25.3. The van der Waals surface area contributed by atoms with E-state index in [-0.39, 0.29) is 33.8 Å². The molecule has 0 unspecified atom stereocenters. The number of carbonyl (C=O) groups is 1. The van der Waals surface area contributed by atoms with Crippen molar-refractivity contribution in [2.45, 2.75) is 6.18 Å². The molecule has 1 aromatic carbocycles. The number of pyridine rings is 1. The number of ether oxygens (including phenoxy) is 1. The van der Waals surface area contributed by atoms with Gasteiger partial charge in [0, 0.05) is 24.0 Å². The summed E-state index contributed by atoms with van der Waals surface area (Å²) in [5.74, 6) is -3.38. The second-order valence-electron chi connectivity index (χ2n) is 6.77. The maximum absolute atomic E-state index is 14.5. The van der Waals surface area contributed by atoms with E-state index in [1.165, 1.54) is 18.3 Å². The van der Waals surface area contributed by atoms with E-state index in [9.17, 15) is 27.5 Å². The number of carbonyl (C=O) groups excluding carboxylic acids is 1. The molecular weight excluding hydrogens is 498 g/mol. The third kappa shape index (κ3) is 4.91. The summed E-state index contributed by atoms with van der Waals surface area (Å²) in [6.07, 6.45) is -1.34. The van der Waals surface area contributed by atoms with E-state index >= 15 is 0 Å². The second kappa shape index (κ2) is 9.06. The zero-order valence-corrected chi connectivity index (χ0v) is 17.8. The molecule has 10 nitrogen and oxygen atoms in total. The number of nitrogen functional groups attached to an aromatic ring is 1. The Labute approximate surface area is 198 Å². The lowest BCUT2D eigenvalue weighted by Crippen LogP contribution is -2.21. The summed E-state index contributed by atoms with van der Waals surface area (Å²) in [4.78, 5) is 23.5. The Morgan fingerprint density at radius 3 is 2.49 bits per heavy atom. The molecule has 4 N–H and O–H groups in total. The first kappa shape index (κ1) is 23.7. The fourth-order valence-corrected chi connectivity index (χ4v) is 3.01. The summed E-state index contributed by atoms with van der Waals surface area (Å²) >= 11 is 5.96. The Kier molecular flexibility index (Phi) is 6.13. The van der Waals surface area contributed by atoms with Gasteiger partial charge in [-0.1, -0.05) is 11.6 Å². The van der Waals surface area contributed by atoms with Crippen molar-refractivity contribution in [3.05, 3.63) is 71.2 Å². The first-order valence-electron chi connectivity index (χ1n) is 9.40. The minimum atomic E-state index is -5.03. The monoisotopic (exact) mass is 509 g/mol. The first-order chi connectivity index (χ1) is 16.5. The smallest absolute Gasteiger partial charge is 0.434 e. The number of aromatic hydroxyl groups is 1. The summed E-state index contributed by atoms with van der Waals surface area (Å²) < 4.78 is 61.4. The molecule has 0 saturated heterocycles. The van der Waals surface area contributed by atoms with Gasteiger partial charge in [-0.2, -0.15) is 23.0 Å². The fraction of sp³-hybridized carbons (Fsp3) is 0.0500. The zero-order valence-electron chi connectivity index (χ0n) is 17.1. The van der Waals surface area contributed by atoms with Crippen LogP contribution in [0.5, 0.6) is 17.2 Å². The highest BCUT2D eigenvalue weighted by Gasteiger charge is 2.41. The van der Waals surface area contributed by atoms with Gasteiger partial charge in [0.15, 0.2) is 28.8 Å². The van der Waals surface area contributed by atoms with E-state index in [2.05, 4.69) is 25.4 Å². The number of nitrogens with one attached hydrogen (secondary N) is 1. The fourth-order valence-electron chi connectivity index (χ4n) is 2.86. The van der Waals surface area contributed by atoms with Gasteiger partial charge < -0.3 is 20.9 Å².